The number of fused-ring (bicyclic) bond motifs is 2. The number of rotatable bonds is 8. The van der Waals surface area contributed by atoms with Gasteiger partial charge in [0.05, 0.1) is 12.4 Å². The molecule has 132 valence electrons. The van der Waals surface area contributed by atoms with Gasteiger partial charge in [0.1, 0.15) is 5.75 Å². The lowest BCUT2D eigenvalue weighted by atomic mass is 9.84. The molecule has 0 aliphatic heterocycles. The number of benzene rings is 1. The maximum atomic E-state index is 12.1. The highest BCUT2D eigenvalue weighted by atomic mass is 35.5. The molecule has 1 aromatic carbocycles. The Balaban J connectivity index is 1.28. The molecule has 2 aliphatic carbocycles. The van der Waals surface area contributed by atoms with E-state index in [0.29, 0.717) is 29.3 Å². The topological polar surface area (TPSA) is 38.3 Å². The van der Waals surface area contributed by atoms with Gasteiger partial charge in [-0.3, -0.25) is 4.79 Å². The molecule has 3 rings (SSSR count). The average Bonchev–Trinajstić information content (AvgIpc) is 3.19. The largest absolute Gasteiger partial charge is 0.493 e. The van der Waals surface area contributed by atoms with Crippen LogP contribution in [0.5, 0.6) is 5.75 Å². The molecular weight excluding hydrogens is 342 g/mol. The van der Waals surface area contributed by atoms with Crippen LogP contribution < -0.4 is 10.1 Å². The second-order valence-electron chi connectivity index (χ2n) is 7.05. The number of hydrogen-bond acceptors (Lipinski definition) is 3. The summed E-state index contributed by atoms with van der Waals surface area (Å²) in [5.74, 6) is 4.76. The van der Waals surface area contributed by atoms with Gasteiger partial charge in [-0.1, -0.05) is 18.0 Å². The van der Waals surface area contributed by atoms with Crippen molar-refractivity contribution in [3.63, 3.8) is 0 Å². The normalized spacial score (nSPS) is 26.3. The molecule has 1 amide bonds. The molecule has 0 heterocycles. The van der Waals surface area contributed by atoms with Crippen LogP contribution in [0.4, 0.5) is 0 Å². The quantitative estimate of drug-likeness (QED) is 0.692. The third-order valence-electron chi connectivity index (χ3n) is 5.37. The van der Waals surface area contributed by atoms with Crippen molar-refractivity contribution in [2.75, 3.05) is 18.1 Å². The summed E-state index contributed by atoms with van der Waals surface area (Å²) in [7, 11) is 0. The van der Waals surface area contributed by atoms with Gasteiger partial charge < -0.3 is 10.1 Å². The lowest BCUT2D eigenvalue weighted by molar-refractivity contribution is -0.119. The van der Waals surface area contributed by atoms with E-state index in [1.165, 1.54) is 25.7 Å². The number of thioether (sulfide) groups is 1. The second kappa shape index (κ2) is 8.48. The van der Waals surface area contributed by atoms with Gasteiger partial charge in [-0.25, -0.2) is 0 Å². The predicted molar refractivity (Wildman–Crippen MR) is 101 cm³/mol. The van der Waals surface area contributed by atoms with Gasteiger partial charge in [0.25, 0.3) is 0 Å². The van der Waals surface area contributed by atoms with E-state index < -0.39 is 0 Å². The van der Waals surface area contributed by atoms with E-state index in [1.807, 2.05) is 24.3 Å². The van der Waals surface area contributed by atoms with Gasteiger partial charge in [-0.2, -0.15) is 0 Å². The van der Waals surface area contributed by atoms with Gasteiger partial charge in [0.2, 0.25) is 5.91 Å². The highest BCUT2D eigenvalue weighted by Gasteiger charge is 2.42. The smallest absolute Gasteiger partial charge is 0.230 e. The van der Waals surface area contributed by atoms with Crippen LogP contribution in [0.2, 0.25) is 5.02 Å². The van der Waals surface area contributed by atoms with Crippen molar-refractivity contribution in [2.45, 2.75) is 38.6 Å². The van der Waals surface area contributed by atoms with Crippen molar-refractivity contribution in [3.8, 4) is 5.75 Å². The molecule has 3 nitrogen and oxygen atoms in total. The molecule has 0 spiro atoms. The third kappa shape index (κ3) is 4.82. The van der Waals surface area contributed by atoms with E-state index >= 15 is 0 Å². The van der Waals surface area contributed by atoms with Crippen molar-refractivity contribution in [2.24, 2.45) is 17.8 Å². The summed E-state index contributed by atoms with van der Waals surface area (Å²) in [5.41, 5.74) is 0. The predicted octanol–water partition coefficient (Wildman–Crippen LogP) is 4.39. The van der Waals surface area contributed by atoms with E-state index in [1.54, 1.807) is 11.8 Å². The SMILES string of the molecule is CC(NC(=O)CSCCOc1ccc(Cl)cc1)C1CC2CCC1C2. The summed E-state index contributed by atoms with van der Waals surface area (Å²) in [6.07, 6.45) is 5.48. The van der Waals surface area contributed by atoms with Gasteiger partial charge in [-0.15, -0.1) is 11.8 Å². The van der Waals surface area contributed by atoms with E-state index in [0.717, 1.165) is 23.3 Å². The van der Waals surface area contributed by atoms with Crippen molar-refractivity contribution in [3.05, 3.63) is 29.3 Å². The minimum absolute atomic E-state index is 0.154. The van der Waals surface area contributed by atoms with E-state index in [4.69, 9.17) is 16.3 Å². The molecule has 5 heteroatoms. The first-order valence-corrected chi connectivity index (χ1v) is 10.4. The summed E-state index contributed by atoms with van der Waals surface area (Å²) in [5, 5.41) is 3.91. The molecule has 4 atom stereocenters. The first-order valence-electron chi connectivity index (χ1n) is 8.87. The third-order valence-corrected chi connectivity index (χ3v) is 6.54. The Morgan fingerprint density at radius 2 is 2.12 bits per heavy atom. The monoisotopic (exact) mass is 367 g/mol. The molecule has 0 radical (unpaired) electrons. The minimum Gasteiger partial charge on any atom is -0.493 e. The lowest BCUT2D eigenvalue weighted by Crippen LogP contribution is -2.41. The maximum Gasteiger partial charge on any atom is 0.230 e. The molecule has 2 bridgehead atoms. The number of nitrogens with one attached hydrogen (secondary N) is 1. The van der Waals surface area contributed by atoms with Gasteiger partial charge >= 0.3 is 0 Å². The zero-order valence-electron chi connectivity index (χ0n) is 14.2. The molecule has 0 saturated heterocycles. The van der Waals surface area contributed by atoms with Gasteiger partial charge in [0.15, 0.2) is 0 Å². The number of carbonyl (C=O) groups is 1. The Hall–Kier alpha value is -0.870. The Morgan fingerprint density at radius 3 is 2.79 bits per heavy atom. The summed E-state index contributed by atoms with van der Waals surface area (Å²) >= 11 is 7.46. The van der Waals surface area contributed by atoms with Crippen molar-refractivity contribution in [1.29, 1.82) is 0 Å². The van der Waals surface area contributed by atoms with Crippen LogP contribution in [0.15, 0.2) is 24.3 Å². The summed E-state index contributed by atoms with van der Waals surface area (Å²) in [4.78, 5) is 12.1. The Labute approximate surface area is 153 Å². The van der Waals surface area contributed by atoms with Crippen molar-refractivity contribution in [1.82, 2.24) is 5.32 Å². The first-order chi connectivity index (χ1) is 11.6. The first kappa shape index (κ1) is 17.9. The zero-order chi connectivity index (χ0) is 16.9. The van der Waals surface area contributed by atoms with Crippen LogP contribution in [0.3, 0.4) is 0 Å². The number of ether oxygens (including phenoxy) is 1. The highest BCUT2D eigenvalue weighted by Crippen LogP contribution is 2.49. The second-order valence-corrected chi connectivity index (χ2v) is 8.59. The van der Waals surface area contributed by atoms with Crippen LogP contribution in [-0.2, 0) is 4.79 Å². The fourth-order valence-corrected chi connectivity index (χ4v) is 4.96. The number of hydrogen-bond donors (Lipinski definition) is 1. The molecule has 2 aliphatic rings. The Bertz CT molecular complexity index is 551. The van der Waals surface area contributed by atoms with Crippen molar-refractivity contribution >= 4 is 29.3 Å². The van der Waals surface area contributed by atoms with E-state index in [2.05, 4.69) is 12.2 Å². The Morgan fingerprint density at radius 1 is 1.33 bits per heavy atom. The fraction of sp³-hybridized carbons (Fsp3) is 0.632. The number of carbonyl (C=O) groups excluding carboxylic acids is 1. The van der Waals surface area contributed by atoms with Crippen LogP contribution in [0.25, 0.3) is 0 Å². The molecule has 24 heavy (non-hydrogen) atoms. The fourth-order valence-electron chi connectivity index (χ4n) is 4.22. The van der Waals surface area contributed by atoms with Crippen LogP contribution in [-0.4, -0.2) is 30.1 Å². The molecule has 2 fully saturated rings. The molecule has 1 N–H and O–H groups in total. The standard InChI is InChI=1S/C19H26ClNO2S/c1-13(18-11-14-2-3-15(18)10-14)21-19(22)12-24-9-8-23-17-6-4-16(20)5-7-17/h4-7,13-15,18H,2-3,8-12H2,1H3,(H,21,22). The number of halogens is 1. The van der Waals surface area contributed by atoms with Crippen molar-refractivity contribution < 1.29 is 9.53 Å². The molecule has 1 aromatic rings. The zero-order valence-corrected chi connectivity index (χ0v) is 15.7. The summed E-state index contributed by atoms with van der Waals surface area (Å²) < 4.78 is 5.63. The average molecular weight is 368 g/mol. The highest BCUT2D eigenvalue weighted by molar-refractivity contribution is 7.99. The molecule has 0 aromatic heterocycles. The van der Waals surface area contributed by atoms with E-state index in [-0.39, 0.29) is 5.91 Å². The van der Waals surface area contributed by atoms with E-state index in [9.17, 15) is 4.79 Å². The van der Waals surface area contributed by atoms with Gasteiger partial charge in [0, 0.05) is 16.8 Å². The van der Waals surface area contributed by atoms with Gasteiger partial charge in [-0.05, 0) is 68.2 Å². The minimum atomic E-state index is 0.154. The maximum absolute atomic E-state index is 12.1. The molecule has 2 saturated carbocycles. The molecule has 4 unspecified atom stereocenters. The van der Waals surface area contributed by atoms with Crippen LogP contribution in [0.1, 0.15) is 32.6 Å². The summed E-state index contributed by atoms with van der Waals surface area (Å²) in [6.45, 7) is 2.78. The van der Waals surface area contributed by atoms with Crippen LogP contribution >= 0.6 is 23.4 Å². The lowest BCUT2D eigenvalue weighted by Gasteiger charge is -2.28. The summed E-state index contributed by atoms with van der Waals surface area (Å²) in [6, 6.07) is 7.66. The molecular formula is C19H26ClNO2S. The number of amides is 1. The van der Waals surface area contributed by atoms with Crippen LogP contribution in [0, 0.1) is 17.8 Å². The Kier molecular flexibility index (Phi) is 6.34.